The molecule has 1 aliphatic carbocycles. The van der Waals surface area contributed by atoms with Gasteiger partial charge < -0.3 is 14.9 Å². The molecule has 3 unspecified atom stereocenters. The average molecular weight is 229 g/mol. The first-order valence-electron chi connectivity index (χ1n) is 5.92. The Hall–Kier alpha value is -0.650. The summed E-state index contributed by atoms with van der Waals surface area (Å²) in [6.45, 7) is 2.01. The van der Waals surface area contributed by atoms with E-state index in [1.165, 1.54) is 0 Å². The van der Waals surface area contributed by atoms with Crippen molar-refractivity contribution in [1.82, 2.24) is 4.90 Å². The van der Waals surface area contributed by atoms with Gasteiger partial charge in [-0.05, 0) is 19.3 Å². The summed E-state index contributed by atoms with van der Waals surface area (Å²) in [4.78, 5) is 12.8. The molecule has 2 aliphatic rings. The second-order valence-corrected chi connectivity index (χ2v) is 4.65. The number of nitrogens with zero attached hydrogens (tertiary/aromatic N) is 1. The maximum atomic E-state index is 10.6. The van der Waals surface area contributed by atoms with Crippen molar-refractivity contribution in [2.24, 2.45) is 0 Å². The molecule has 3 atom stereocenters. The summed E-state index contributed by atoms with van der Waals surface area (Å²) in [7, 11) is 0. The van der Waals surface area contributed by atoms with Crippen LogP contribution in [0.4, 0.5) is 0 Å². The number of rotatable bonds is 3. The van der Waals surface area contributed by atoms with E-state index < -0.39 is 5.97 Å². The summed E-state index contributed by atoms with van der Waals surface area (Å²) in [6, 6.07) is 0.209. The number of aliphatic hydroxyl groups is 1. The van der Waals surface area contributed by atoms with Crippen LogP contribution in [0.1, 0.15) is 25.7 Å². The van der Waals surface area contributed by atoms with Crippen molar-refractivity contribution in [2.75, 3.05) is 19.7 Å². The SMILES string of the molecule is O=C(O)CC1CN(C2CCCC2O)CCO1. The highest BCUT2D eigenvalue weighted by molar-refractivity contribution is 5.67. The highest BCUT2D eigenvalue weighted by Gasteiger charge is 2.34. The van der Waals surface area contributed by atoms with E-state index in [2.05, 4.69) is 4.90 Å². The number of hydrogen-bond acceptors (Lipinski definition) is 4. The Labute approximate surface area is 95.0 Å². The Morgan fingerprint density at radius 1 is 1.44 bits per heavy atom. The van der Waals surface area contributed by atoms with Crippen molar-refractivity contribution in [1.29, 1.82) is 0 Å². The molecule has 16 heavy (non-hydrogen) atoms. The van der Waals surface area contributed by atoms with E-state index in [9.17, 15) is 9.90 Å². The van der Waals surface area contributed by atoms with Gasteiger partial charge in [0, 0.05) is 19.1 Å². The molecule has 1 saturated carbocycles. The Balaban J connectivity index is 1.88. The number of aliphatic carboxylic acids is 1. The number of aliphatic hydroxyl groups excluding tert-OH is 1. The van der Waals surface area contributed by atoms with Gasteiger partial charge in [0.1, 0.15) is 0 Å². The van der Waals surface area contributed by atoms with Crippen LogP contribution in [0.2, 0.25) is 0 Å². The minimum Gasteiger partial charge on any atom is -0.481 e. The number of morpholine rings is 1. The van der Waals surface area contributed by atoms with Crippen LogP contribution >= 0.6 is 0 Å². The Morgan fingerprint density at radius 2 is 2.25 bits per heavy atom. The third-order valence-corrected chi connectivity index (χ3v) is 3.49. The molecule has 5 heteroatoms. The van der Waals surface area contributed by atoms with Gasteiger partial charge in [-0.1, -0.05) is 0 Å². The molecule has 1 heterocycles. The molecule has 1 aliphatic heterocycles. The molecule has 0 radical (unpaired) electrons. The number of hydrogen-bond donors (Lipinski definition) is 2. The molecular formula is C11H19NO4. The third kappa shape index (κ3) is 2.72. The highest BCUT2D eigenvalue weighted by atomic mass is 16.5. The van der Waals surface area contributed by atoms with E-state index in [0.717, 1.165) is 25.8 Å². The van der Waals surface area contributed by atoms with Crippen molar-refractivity contribution in [2.45, 2.75) is 43.9 Å². The van der Waals surface area contributed by atoms with Gasteiger partial charge in [-0.3, -0.25) is 9.69 Å². The second-order valence-electron chi connectivity index (χ2n) is 4.65. The maximum absolute atomic E-state index is 10.6. The Bertz CT molecular complexity index is 258. The van der Waals surface area contributed by atoms with E-state index in [-0.39, 0.29) is 24.7 Å². The number of carboxylic acids is 1. The molecule has 0 spiro atoms. The minimum atomic E-state index is -0.821. The standard InChI is InChI=1S/C11H19NO4/c13-10-3-1-2-9(10)12-4-5-16-8(7-12)6-11(14)15/h8-10,13H,1-7H2,(H,14,15). The number of ether oxygens (including phenoxy) is 1. The normalized spacial score (nSPS) is 36.4. The van der Waals surface area contributed by atoms with Gasteiger partial charge in [0.25, 0.3) is 0 Å². The van der Waals surface area contributed by atoms with Crippen molar-refractivity contribution in [3.8, 4) is 0 Å². The predicted octanol–water partition coefficient (Wildman–Crippen LogP) is 0.0753. The monoisotopic (exact) mass is 229 g/mol. The molecule has 0 aromatic heterocycles. The summed E-state index contributed by atoms with van der Waals surface area (Å²) in [6.07, 6.45) is 2.53. The van der Waals surface area contributed by atoms with Crippen LogP contribution in [0.5, 0.6) is 0 Å². The average Bonchev–Trinajstić information content (AvgIpc) is 2.64. The van der Waals surface area contributed by atoms with Crippen LogP contribution in [-0.2, 0) is 9.53 Å². The first-order valence-corrected chi connectivity index (χ1v) is 5.92. The molecule has 1 saturated heterocycles. The Morgan fingerprint density at radius 3 is 2.88 bits per heavy atom. The maximum Gasteiger partial charge on any atom is 0.306 e. The Kier molecular flexibility index (Phi) is 3.78. The zero-order valence-corrected chi connectivity index (χ0v) is 9.34. The van der Waals surface area contributed by atoms with Gasteiger partial charge >= 0.3 is 5.97 Å². The number of carbonyl (C=O) groups is 1. The molecule has 2 fully saturated rings. The zero-order valence-electron chi connectivity index (χ0n) is 9.34. The van der Waals surface area contributed by atoms with Gasteiger partial charge in [0.15, 0.2) is 0 Å². The lowest BCUT2D eigenvalue weighted by Gasteiger charge is -2.37. The van der Waals surface area contributed by atoms with Gasteiger partial charge in [0.2, 0.25) is 0 Å². The summed E-state index contributed by atoms with van der Waals surface area (Å²) >= 11 is 0. The topological polar surface area (TPSA) is 70.0 Å². The van der Waals surface area contributed by atoms with Crippen LogP contribution in [0.15, 0.2) is 0 Å². The van der Waals surface area contributed by atoms with Crippen LogP contribution in [0, 0.1) is 0 Å². The quantitative estimate of drug-likeness (QED) is 0.717. The largest absolute Gasteiger partial charge is 0.481 e. The highest BCUT2D eigenvalue weighted by Crippen LogP contribution is 2.26. The van der Waals surface area contributed by atoms with Crippen molar-refractivity contribution in [3.05, 3.63) is 0 Å². The molecule has 2 N–H and O–H groups in total. The minimum absolute atomic E-state index is 0.0549. The van der Waals surface area contributed by atoms with Crippen LogP contribution in [0.3, 0.4) is 0 Å². The lowest BCUT2D eigenvalue weighted by molar-refractivity contribution is -0.143. The van der Waals surface area contributed by atoms with Gasteiger partial charge in [-0.2, -0.15) is 0 Å². The molecule has 92 valence electrons. The molecule has 5 nitrogen and oxygen atoms in total. The third-order valence-electron chi connectivity index (χ3n) is 3.49. The van der Waals surface area contributed by atoms with Crippen molar-refractivity contribution >= 4 is 5.97 Å². The molecule has 0 aromatic rings. The molecule has 0 amide bonds. The summed E-state index contributed by atoms with van der Waals surface area (Å²) < 4.78 is 5.41. The lowest BCUT2D eigenvalue weighted by atomic mass is 10.1. The molecule has 2 rings (SSSR count). The smallest absolute Gasteiger partial charge is 0.306 e. The van der Waals surface area contributed by atoms with Gasteiger partial charge in [-0.15, -0.1) is 0 Å². The predicted molar refractivity (Wildman–Crippen MR) is 57.2 cm³/mol. The van der Waals surface area contributed by atoms with Crippen molar-refractivity contribution < 1.29 is 19.7 Å². The fourth-order valence-corrected chi connectivity index (χ4v) is 2.71. The fourth-order valence-electron chi connectivity index (χ4n) is 2.71. The number of carboxylic acid groups (broad SMARTS) is 1. The second kappa shape index (κ2) is 5.12. The summed E-state index contributed by atoms with van der Waals surface area (Å²) in [5.41, 5.74) is 0. The van der Waals surface area contributed by atoms with E-state index in [4.69, 9.17) is 9.84 Å². The molecule has 0 bridgehead atoms. The zero-order chi connectivity index (χ0) is 11.5. The van der Waals surface area contributed by atoms with E-state index in [1.807, 2.05) is 0 Å². The molecular weight excluding hydrogens is 210 g/mol. The van der Waals surface area contributed by atoms with Crippen LogP contribution in [0.25, 0.3) is 0 Å². The van der Waals surface area contributed by atoms with Gasteiger partial charge in [-0.25, -0.2) is 0 Å². The van der Waals surface area contributed by atoms with Gasteiger partial charge in [0.05, 0.1) is 25.2 Å². The summed E-state index contributed by atoms with van der Waals surface area (Å²) in [5.74, 6) is -0.821. The summed E-state index contributed by atoms with van der Waals surface area (Å²) in [5, 5.41) is 18.5. The lowest BCUT2D eigenvalue weighted by Crippen LogP contribution is -2.50. The van der Waals surface area contributed by atoms with Crippen LogP contribution in [-0.4, -0.2) is 59.0 Å². The molecule has 0 aromatic carbocycles. The first kappa shape index (κ1) is 11.8. The van der Waals surface area contributed by atoms with Crippen LogP contribution < -0.4 is 0 Å². The fraction of sp³-hybridized carbons (Fsp3) is 0.909. The van der Waals surface area contributed by atoms with E-state index in [1.54, 1.807) is 0 Å². The first-order chi connectivity index (χ1) is 7.66. The van der Waals surface area contributed by atoms with Crippen molar-refractivity contribution in [3.63, 3.8) is 0 Å². The van der Waals surface area contributed by atoms with E-state index >= 15 is 0 Å². The van der Waals surface area contributed by atoms with E-state index in [0.29, 0.717) is 13.2 Å².